The van der Waals surface area contributed by atoms with Crippen LogP contribution in [0.1, 0.15) is 17.0 Å². The first-order chi connectivity index (χ1) is 14.2. The van der Waals surface area contributed by atoms with E-state index in [0.717, 1.165) is 60.2 Å². The quantitative estimate of drug-likeness (QED) is 0.480. The lowest BCUT2D eigenvalue weighted by molar-refractivity contribution is 0.224. The molecule has 0 bridgehead atoms. The minimum atomic E-state index is 0.708. The summed E-state index contributed by atoms with van der Waals surface area (Å²) in [5, 5.41) is 0.708. The van der Waals surface area contributed by atoms with Gasteiger partial charge in [-0.15, -0.1) is 0 Å². The molecule has 6 heteroatoms. The molecule has 0 fully saturated rings. The average molecular weight is 403 g/mol. The molecule has 5 rings (SSSR count). The zero-order chi connectivity index (χ0) is 19.6. The second kappa shape index (κ2) is 7.78. The number of furan rings is 1. The van der Waals surface area contributed by atoms with Crippen LogP contribution in [0.2, 0.25) is 5.02 Å². The Morgan fingerprint density at radius 1 is 1.03 bits per heavy atom. The molecule has 0 aliphatic carbocycles. The molecule has 0 radical (unpaired) electrons. The normalized spacial score (nSPS) is 14.0. The molecular formula is C23H19ClN4O. The molecule has 5 nitrogen and oxygen atoms in total. The first-order valence-electron chi connectivity index (χ1n) is 9.57. The minimum absolute atomic E-state index is 0.708. The van der Waals surface area contributed by atoms with Crippen molar-refractivity contribution in [2.45, 2.75) is 19.5 Å². The maximum absolute atomic E-state index is 6.09. The fourth-order valence-corrected chi connectivity index (χ4v) is 3.82. The molecule has 4 heterocycles. The minimum Gasteiger partial charge on any atom is -0.460 e. The van der Waals surface area contributed by atoms with Crippen LogP contribution in [0, 0.1) is 0 Å². The third kappa shape index (κ3) is 3.92. The standard InChI is InChI=1S/C23H19ClN4O/c24-19-3-1-2-17(12-19)22-5-4-20(29-22)15-28-11-8-21-18(14-28)13-26-23(27-21)16-6-9-25-10-7-16/h1-7,9-10,12-13H,8,11,14-15H2. The van der Waals surface area contributed by atoms with Gasteiger partial charge in [0, 0.05) is 59.8 Å². The molecule has 1 aliphatic rings. The largest absolute Gasteiger partial charge is 0.460 e. The molecule has 1 aromatic carbocycles. The molecular weight excluding hydrogens is 384 g/mol. The number of halogens is 1. The predicted octanol–water partition coefficient (Wildman–Crippen LogP) is 5.01. The Balaban J connectivity index is 1.29. The summed E-state index contributed by atoms with van der Waals surface area (Å²) in [5.41, 5.74) is 4.29. The van der Waals surface area contributed by atoms with Crippen LogP contribution >= 0.6 is 11.6 Å². The Hall–Kier alpha value is -3.02. The number of rotatable bonds is 4. The molecule has 0 spiro atoms. The van der Waals surface area contributed by atoms with Crippen LogP contribution in [0.5, 0.6) is 0 Å². The van der Waals surface area contributed by atoms with E-state index in [0.29, 0.717) is 5.02 Å². The Bertz CT molecular complexity index is 1140. The zero-order valence-corrected chi connectivity index (χ0v) is 16.5. The van der Waals surface area contributed by atoms with Crippen LogP contribution in [-0.4, -0.2) is 26.4 Å². The van der Waals surface area contributed by atoms with Crippen LogP contribution in [-0.2, 0) is 19.5 Å². The molecule has 0 saturated heterocycles. The number of hydrogen-bond acceptors (Lipinski definition) is 5. The molecule has 144 valence electrons. The van der Waals surface area contributed by atoms with Crippen molar-refractivity contribution in [3.05, 3.63) is 89.2 Å². The lowest BCUT2D eigenvalue weighted by atomic mass is 10.1. The Morgan fingerprint density at radius 2 is 1.93 bits per heavy atom. The van der Waals surface area contributed by atoms with E-state index in [4.69, 9.17) is 21.0 Å². The molecule has 0 saturated carbocycles. The molecule has 0 amide bonds. The lowest BCUT2D eigenvalue weighted by Crippen LogP contribution is -2.30. The van der Waals surface area contributed by atoms with Crippen LogP contribution < -0.4 is 0 Å². The maximum Gasteiger partial charge on any atom is 0.159 e. The van der Waals surface area contributed by atoms with Crippen molar-refractivity contribution in [3.8, 4) is 22.7 Å². The maximum atomic E-state index is 6.09. The monoisotopic (exact) mass is 402 g/mol. The van der Waals surface area contributed by atoms with Gasteiger partial charge in [0.15, 0.2) is 5.82 Å². The molecule has 4 aromatic rings. The van der Waals surface area contributed by atoms with E-state index in [9.17, 15) is 0 Å². The predicted molar refractivity (Wildman–Crippen MR) is 112 cm³/mol. The number of nitrogens with zero attached hydrogens (tertiary/aromatic N) is 4. The van der Waals surface area contributed by atoms with Gasteiger partial charge in [-0.05, 0) is 36.4 Å². The van der Waals surface area contributed by atoms with Crippen LogP contribution in [0.25, 0.3) is 22.7 Å². The van der Waals surface area contributed by atoms with Crippen molar-refractivity contribution in [1.29, 1.82) is 0 Å². The van der Waals surface area contributed by atoms with E-state index in [2.05, 4.69) is 14.9 Å². The van der Waals surface area contributed by atoms with Crippen molar-refractivity contribution in [2.24, 2.45) is 0 Å². The number of benzene rings is 1. The number of aromatic nitrogens is 3. The molecule has 0 atom stereocenters. The lowest BCUT2D eigenvalue weighted by Gasteiger charge is -2.27. The highest BCUT2D eigenvalue weighted by Gasteiger charge is 2.20. The summed E-state index contributed by atoms with van der Waals surface area (Å²) < 4.78 is 6.05. The summed E-state index contributed by atoms with van der Waals surface area (Å²) in [4.78, 5) is 15.7. The zero-order valence-electron chi connectivity index (χ0n) is 15.8. The first-order valence-corrected chi connectivity index (χ1v) is 9.94. The second-order valence-corrected chi connectivity index (χ2v) is 7.57. The van der Waals surface area contributed by atoms with Crippen LogP contribution in [0.15, 0.2) is 71.5 Å². The number of hydrogen-bond donors (Lipinski definition) is 0. The average Bonchev–Trinajstić information content (AvgIpc) is 3.22. The fraction of sp³-hybridized carbons (Fsp3) is 0.174. The van der Waals surface area contributed by atoms with Gasteiger partial charge in [-0.2, -0.15) is 0 Å². The third-order valence-electron chi connectivity index (χ3n) is 5.10. The van der Waals surface area contributed by atoms with E-state index in [1.807, 2.05) is 54.7 Å². The van der Waals surface area contributed by atoms with Gasteiger partial charge < -0.3 is 4.42 Å². The van der Waals surface area contributed by atoms with Crippen molar-refractivity contribution in [1.82, 2.24) is 19.9 Å². The summed E-state index contributed by atoms with van der Waals surface area (Å²) in [6.07, 6.45) is 6.38. The fourth-order valence-electron chi connectivity index (χ4n) is 3.63. The second-order valence-electron chi connectivity index (χ2n) is 7.14. The van der Waals surface area contributed by atoms with Gasteiger partial charge in [0.25, 0.3) is 0 Å². The summed E-state index contributed by atoms with van der Waals surface area (Å²) in [5.74, 6) is 2.54. The van der Waals surface area contributed by atoms with Gasteiger partial charge in [0.2, 0.25) is 0 Å². The van der Waals surface area contributed by atoms with E-state index in [-0.39, 0.29) is 0 Å². The molecule has 0 unspecified atom stereocenters. The number of pyridine rings is 1. The van der Waals surface area contributed by atoms with Gasteiger partial charge >= 0.3 is 0 Å². The van der Waals surface area contributed by atoms with Gasteiger partial charge in [0.1, 0.15) is 11.5 Å². The van der Waals surface area contributed by atoms with Gasteiger partial charge in [-0.1, -0.05) is 23.7 Å². The third-order valence-corrected chi connectivity index (χ3v) is 5.34. The highest BCUT2D eigenvalue weighted by Crippen LogP contribution is 2.27. The smallest absolute Gasteiger partial charge is 0.159 e. The van der Waals surface area contributed by atoms with Gasteiger partial charge in [0.05, 0.1) is 12.2 Å². The van der Waals surface area contributed by atoms with E-state index >= 15 is 0 Å². The van der Waals surface area contributed by atoms with E-state index in [1.165, 1.54) is 5.56 Å². The Labute approximate surface area is 174 Å². The van der Waals surface area contributed by atoms with Gasteiger partial charge in [-0.25, -0.2) is 9.97 Å². The van der Waals surface area contributed by atoms with Crippen molar-refractivity contribution < 1.29 is 4.42 Å². The van der Waals surface area contributed by atoms with Gasteiger partial charge in [-0.3, -0.25) is 9.88 Å². The van der Waals surface area contributed by atoms with Crippen LogP contribution in [0.4, 0.5) is 0 Å². The Morgan fingerprint density at radius 3 is 2.79 bits per heavy atom. The SMILES string of the molecule is Clc1cccc(-c2ccc(CN3CCc4nc(-c5ccncc5)ncc4C3)o2)c1. The molecule has 3 aromatic heterocycles. The summed E-state index contributed by atoms with van der Waals surface area (Å²) in [6.45, 7) is 2.51. The van der Waals surface area contributed by atoms with Crippen molar-refractivity contribution in [2.75, 3.05) is 6.54 Å². The highest BCUT2D eigenvalue weighted by molar-refractivity contribution is 6.30. The highest BCUT2D eigenvalue weighted by atomic mass is 35.5. The Kier molecular flexibility index (Phi) is 4.84. The first kappa shape index (κ1) is 18.0. The molecule has 29 heavy (non-hydrogen) atoms. The summed E-state index contributed by atoms with van der Waals surface area (Å²) in [7, 11) is 0. The number of fused-ring (bicyclic) bond motifs is 1. The van der Waals surface area contributed by atoms with E-state index < -0.39 is 0 Å². The van der Waals surface area contributed by atoms with Crippen molar-refractivity contribution in [3.63, 3.8) is 0 Å². The van der Waals surface area contributed by atoms with Crippen molar-refractivity contribution >= 4 is 11.6 Å². The summed E-state index contributed by atoms with van der Waals surface area (Å²) >= 11 is 6.09. The molecule has 0 N–H and O–H groups in total. The van der Waals surface area contributed by atoms with E-state index in [1.54, 1.807) is 12.4 Å². The topological polar surface area (TPSA) is 55.1 Å². The summed E-state index contributed by atoms with van der Waals surface area (Å²) in [6, 6.07) is 15.6. The molecule has 1 aliphatic heterocycles. The van der Waals surface area contributed by atoms with Crippen LogP contribution in [0.3, 0.4) is 0 Å².